The van der Waals surface area contributed by atoms with E-state index in [9.17, 15) is 4.39 Å². The second-order valence-corrected chi connectivity index (χ2v) is 8.81. The van der Waals surface area contributed by atoms with Crippen LogP contribution in [0.4, 0.5) is 16.3 Å². The van der Waals surface area contributed by atoms with Crippen LogP contribution in [0.2, 0.25) is 0 Å². The van der Waals surface area contributed by atoms with Crippen molar-refractivity contribution in [2.24, 2.45) is 5.92 Å². The minimum atomic E-state index is -0.276. The second kappa shape index (κ2) is 8.56. The first-order valence-electron chi connectivity index (χ1n) is 11.4. The van der Waals surface area contributed by atoms with Crippen LogP contribution in [-0.2, 0) is 0 Å². The average Bonchev–Trinajstić information content (AvgIpc) is 3.53. The van der Waals surface area contributed by atoms with Gasteiger partial charge >= 0.3 is 0 Å². The molecule has 3 aromatic heterocycles. The monoisotopic (exact) mass is 464 g/mol. The number of piperidine rings is 1. The molecule has 0 unspecified atom stereocenters. The van der Waals surface area contributed by atoms with Crippen molar-refractivity contribution in [1.29, 1.82) is 0 Å². The molecule has 2 atom stereocenters. The number of nitrogens with two attached hydrogens (primary N) is 1. The Morgan fingerprint density at radius 3 is 2.88 bits per heavy atom. The number of rotatable bonds is 5. The molecule has 0 spiro atoms. The molecule has 0 bridgehead atoms. The minimum Gasteiger partial charge on any atom is -0.493 e. The zero-order chi connectivity index (χ0) is 23.1. The van der Waals surface area contributed by atoms with E-state index < -0.39 is 0 Å². The van der Waals surface area contributed by atoms with E-state index in [-0.39, 0.29) is 11.8 Å². The number of nitrogens with zero attached hydrogens (tertiary/aromatic N) is 7. The van der Waals surface area contributed by atoms with Gasteiger partial charge in [0.15, 0.2) is 5.76 Å². The lowest BCUT2D eigenvalue weighted by atomic mass is 9.91. The van der Waals surface area contributed by atoms with Crippen molar-refractivity contribution in [1.82, 2.24) is 29.5 Å². The van der Waals surface area contributed by atoms with E-state index >= 15 is 0 Å². The van der Waals surface area contributed by atoms with E-state index in [1.807, 2.05) is 0 Å². The first kappa shape index (κ1) is 20.8. The number of anilines is 2. The summed E-state index contributed by atoms with van der Waals surface area (Å²) in [6, 6.07) is 10.3. The molecule has 11 heteroatoms. The number of ether oxygens (including phenoxy) is 1. The summed E-state index contributed by atoms with van der Waals surface area (Å²) in [5.41, 5.74) is 6.18. The molecule has 1 aromatic carbocycles. The smallest absolute Gasteiger partial charge is 0.259 e. The molecule has 176 valence electrons. The van der Waals surface area contributed by atoms with Crippen LogP contribution in [-0.4, -0.2) is 68.3 Å². The van der Waals surface area contributed by atoms with Crippen LogP contribution in [0.25, 0.3) is 17.4 Å². The van der Waals surface area contributed by atoms with Crippen molar-refractivity contribution in [3.8, 4) is 17.3 Å². The maximum Gasteiger partial charge on any atom is 0.259 e. The SMILES string of the molecule is Nc1nc(N2CCN3C[C@H](COc4cccc(F)c4)CC[C@H]3C2)nc2nc(-c3ccco3)nn12. The lowest BCUT2D eigenvalue weighted by Crippen LogP contribution is -2.57. The highest BCUT2D eigenvalue weighted by Crippen LogP contribution is 2.28. The van der Waals surface area contributed by atoms with Gasteiger partial charge in [-0.3, -0.25) is 4.90 Å². The summed E-state index contributed by atoms with van der Waals surface area (Å²) < 4.78 is 26.0. The summed E-state index contributed by atoms with van der Waals surface area (Å²) in [6.07, 6.45) is 3.69. The molecule has 2 fully saturated rings. The topological polar surface area (TPSA) is 111 Å². The summed E-state index contributed by atoms with van der Waals surface area (Å²) in [5.74, 6) is 2.91. The summed E-state index contributed by atoms with van der Waals surface area (Å²) in [5, 5.41) is 4.36. The van der Waals surface area contributed by atoms with Crippen LogP contribution in [0.1, 0.15) is 12.8 Å². The van der Waals surface area contributed by atoms with Crippen LogP contribution < -0.4 is 15.4 Å². The van der Waals surface area contributed by atoms with E-state index in [4.69, 9.17) is 14.9 Å². The zero-order valence-corrected chi connectivity index (χ0v) is 18.5. The second-order valence-electron chi connectivity index (χ2n) is 8.81. The normalized spacial score (nSPS) is 21.0. The minimum absolute atomic E-state index is 0.242. The Morgan fingerprint density at radius 2 is 2.03 bits per heavy atom. The van der Waals surface area contributed by atoms with Crippen molar-refractivity contribution in [3.05, 3.63) is 48.5 Å². The summed E-state index contributed by atoms with van der Waals surface area (Å²) in [6.45, 7) is 4.08. The Hall–Kier alpha value is -3.73. The van der Waals surface area contributed by atoms with Gasteiger partial charge in [0.25, 0.3) is 5.78 Å². The molecule has 6 rings (SSSR count). The zero-order valence-electron chi connectivity index (χ0n) is 18.5. The molecule has 0 radical (unpaired) electrons. The average molecular weight is 465 g/mol. The van der Waals surface area contributed by atoms with Crippen LogP contribution in [0, 0.1) is 11.7 Å². The molecular formula is C23H25FN8O2. The molecule has 5 heterocycles. The van der Waals surface area contributed by atoms with Gasteiger partial charge in [0.05, 0.1) is 12.9 Å². The van der Waals surface area contributed by atoms with Gasteiger partial charge in [-0.1, -0.05) is 6.07 Å². The number of piperazine rings is 1. The fraction of sp³-hybridized carbons (Fsp3) is 0.391. The van der Waals surface area contributed by atoms with Crippen LogP contribution in [0.5, 0.6) is 5.75 Å². The van der Waals surface area contributed by atoms with Gasteiger partial charge in [0.2, 0.25) is 17.7 Å². The third-order valence-electron chi connectivity index (χ3n) is 6.53. The maximum absolute atomic E-state index is 13.4. The Morgan fingerprint density at radius 1 is 1.09 bits per heavy atom. The van der Waals surface area contributed by atoms with Crippen molar-refractivity contribution >= 4 is 17.7 Å². The van der Waals surface area contributed by atoms with Gasteiger partial charge in [-0.2, -0.15) is 19.5 Å². The lowest BCUT2D eigenvalue weighted by molar-refractivity contribution is 0.0725. The fourth-order valence-electron chi connectivity index (χ4n) is 4.79. The van der Waals surface area contributed by atoms with Gasteiger partial charge in [-0.15, -0.1) is 5.10 Å². The van der Waals surface area contributed by atoms with E-state index in [1.54, 1.807) is 30.5 Å². The largest absolute Gasteiger partial charge is 0.493 e. The molecule has 2 aliphatic rings. The molecule has 0 aliphatic carbocycles. The lowest BCUT2D eigenvalue weighted by Gasteiger charge is -2.46. The predicted octanol–water partition coefficient (Wildman–Crippen LogP) is 2.48. The number of aromatic nitrogens is 5. The van der Waals surface area contributed by atoms with E-state index in [2.05, 4.69) is 29.9 Å². The quantitative estimate of drug-likeness (QED) is 0.476. The number of fused-ring (bicyclic) bond motifs is 2. The van der Waals surface area contributed by atoms with Gasteiger partial charge in [0.1, 0.15) is 11.6 Å². The van der Waals surface area contributed by atoms with E-state index in [1.165, 1.54) is 16.6 Å². The molecule has 34 heavy (non-hydrogen) atoms. The third-order valence-corrected chi connectivity index (χ3v) is 6.53. The van der Waals surface area contributed by atoms with Gasteiger partial charge < -0.3 is 19.8 Å². The van der Waals surface area contributed by atoms with Gasteiger partial charge in [-0.05, 0) is 37.1 Å². The predicted molar refractivity (Wildman–Crippen MR) is 123 cm³/mol. The molecule has 2 N–H and O–H groups in total. The van der Waals surface area contributed by atoms with Gasteiger partial charge in [0, 0.05) is 44.2 Å². The fourth-order valence-corrected chi connectivity index (χ4v) is 4.79. The molecule has 4 aromatic rings. The van der Waals surface area contributed by atoms with Crippen LogP contribution in [0.15, 0.2) is 47.1 Å². The highest BCUT2D eigenvalue weighted by molar-refractivity contribution is 5.53. The molecule has 2 aliphatic heterocycles. The van der Waals surface area contributed by atoms with E-state index in [0.717, 1.165) is 39.0 Å². The Bertz CT molecular complexity index is 1290. The van der Waals surface area contributed by atoms with Crippen LogP contribution >= 0.6 is 0 Å². The number of nitrogen functional groups attached to an aromatic ring is 1. The number of halogens is 1. The highest BCUT2D eigenvalue weighted by Gasteiger charge is 2.34. The Balaban J connectivity index is 1.11. The highest BCUT2D eigenvalue weighted by atomic mass is 19.1. The Labute approximate surface area is 195 Å². The molecule has 0 saturated carbocycles. The maximum atomic E-state index is 13.4. The summed E-state index contributed by atoms with van der Waals surface area (Å²) >= 11 is 0. The van der Waals surface area contributed by atoms with Crippen molar-refractivity contribution in [2.45, 2.75) is 18.9 Å². The van der Waals surface area contributed by atoms with Crippen LogP contribution in [0.3, 0.4) is 0 Å². The third kappa shape index (κ3) is 4.03. The van der Waals surface area contributed by atoms with Gasteiger partial charge in [-0.25, -0.2) is 4.39 Å². The molecule has 0 amide bonds. The summed E-state index contributed by atoms with van der Waals surface area (Å²) in [4.78, 5) is 18.3. The molecule has 10 nitrogen and oxygen atoms in total. The molecule has 2 saturated heterocycles. The van der Waals surface area contributed by atoms with Crippen molar-refractivity contribution in [2.75, 3.05) is 43.4 Å². The van der Waals surface area contributed by atoms with Crippen molar-refractivity contribution in [3.63, 3.8) is 0 Å². The van der Waals surface area contributed by atoms with E-state index in [0.29, 0.717) is 47.6 Å². The molecular weight excluding hydrogens is 439 g/mol. The Kier molecular flexibility index (Phi) is 5.25. The number of hydrogen-bond donors (Lipinski definition) is 1. The first-order chi connectivity index (χ1) is 16.6. The number of benzene rings is 1. The van der Waals surface area contributed by atoms with Crippen molar-refractivity contribution < 1.29 is 13.5 Å². The first-order valence-corrected chi connectivity index (χ1v) is 11.4. The standard InChI is InChI=1S/C23H25FN8O2/c24-16-3-1-4-18(11-16)34-14-15-6-7-17-13-31(9-8-30(17)12-15)22-27-21(25)32-23(28-22)26-20(29-32)19-5-2-10-33-19/h1-5,10-11,15,17H,6-9,12-14H2,(H2,25,26,27,28,29)/t15-,17+/m1/s1. The summed E-state index contributed by atoms with van der Waals surface area (Å²) in [7, 11) is 0. The number of hydrogen-bond acceptors (Lipinski definition) is 9. The number of furan rings is 1.